The van der Waals surface area contributed by atoms with Crippen LogP contribution in [0.2, 0.25) is 0 Å². The average molecular weight is 246 g/mol. The molecule has 5 nitrogen and oxygen atoms in total. The molecule has 0 amide bonds. The Morgan fingerprint density at radius 3 is 2.94 bits per heavy atom. The summed E-state index contributed by atoms with van der Waals surface area (Å²) in [6.07, 6.45) is 3.72. The van der Waals surface area contributed by atoms with E-state index in [4.69, 9.17) is 10.5 Å². The third kappa shape index (κ3) is 3.16. The molecule has 0 aliphatic carbocycles. The van der Waals surface area contributed by atoms with E-state index in [0.717, 1.165) is 18.0 Å². The van der Waals surface area contributed by atoms with Crippen molar-refractivity contribution in [1.82, 2.24) is 9.78 Å². The van der Waals surface area contributed by atoms with Crippen LogP contribution in [0, 0.1) is 0 Å². The number of hydrogen-bond donors (Lipinski definition) is 2. The molecule has 1 aromatic carbocycles. The maximum absolute atomic E-state index is 5.81. The van der Waals surface area contributed by atoms with E-state index in [2.05, 4.69) is 17.3 Å². The van der Waals surface area contributed by atoms with Crippen LogP contribution in [-0.4, -0.2) is 22.9 Å². The van der Waals surface area contributed by atoms with Gasteiger partial charge in [-0.05, 0) is 19.1 Å². The number of anilines is 2. The zero-order chi connectivity index (χ0) is 13.0. The quantitative estimate of drug-likeness (QED) is 0.792. The Bertz CT molecular complexity index is 496. The smallest absolute Gasteiger partial charge is 0.122 e. The van der Waals surface area contributed by atoms with Crippen molar-refractivity contribution in [2.75, 3.05) is 18.2 Å². The van der Waals surface area contributed by atoms with Crippen LogP contribution in [0.5, 0.6) is 5.75 Å². The Hall–Kier alpha value is -2.17. The fraction of sp³-hybridized carbons (Fsp3) is 0.308. The number of benzene rings is 1. The molecule has 0 saturated heterocycles. The summed E-state index contributed by atoms with van der Waals surface area (Å²) in [6, 6.07) is 7.77. The van der Waals surface area contributed by atoms with Gasteiger partial charge in [0.2, 0.25) is 0 Å². The van der Waals surface area contributed by atoms with Crippen LogP contribution in [0.3, 0.4) is 0 Å². The van der Waals surface area contributed by atoms with Crippen LogP contribution in [0.1, 0.15) is 6.92 Å². The molecule has 1 unspecified atom stereocenters. The molecule has 0 aliphatic heterocycles. The molecule has 3 N–H and O–H groups in total. The molecule has 1 atom stereocenters. The minimum Gasteiger partial charge on any atom is -0.497 e. The Kier molecular flexibility index (Phi) is 3.72. The minimum atomic E-state index is 0.247. The molecule has 1 aromatic heterocycles. The molecule has 96 valence electrons. The predicted octanol–water partition coefficient (Wildman–Crippen LogP) is 1.97. The first kappa shape index (κ1) is 12.3. The van der Waals surface area contributed by atoms with Gasteiger partial charge in [0.25, 0.3) is 0 Å². The fourth-order valence-electron chi connectivity index (χ4n) is 1.84. The number of ether oxygens (including phenoxy) is 1. The van der Waals surface area contributed by atoms with Gasteiger partial charge >= 0.3 is 0 Å². The summed E-state index contributed by atoms with van der Waals surface area (Å²) in [4.78, 5) is 0. The van der Waals surface area contributed by atoms with Crippen LogP contribution < -0.4 is 15.8 Å². The summed E-state index contributed by atoms with van der Waals surface area (Å²) < 4.78 is 7.08. The maximum atomic E-state index is 5.81. The minimum absolute atomic E-state index is 0.247. The van der Waals surface area contributed by atoms with E-state index in [-0.39, 0.29) is 6.04 Å². The predicted molar refractivity (Wildman–Crippen MR) is 72.7 cm³/mol. The summed E-state index contributed by atoms with van der Waals surface area (Å²) in [5.41, 5.74) is 7.44. The highest BCUT2D eigenvalue weighted by Crippen LogP contribution is 2.22. The highest BCUT2D eigenvalue weighted by atomic mass is 16.5. The summed E-state index contributed by atoms with van der Waals surface area (Å²) in [5.74, 6) is 0.754. The molecule has 0 saturated carbocycles. The monoisotopic (exact) mass is 246 g/mol. The van der Waals surface area contributed by atoms with Crippen LogP contribution in [-0.2, 0) is 6.54 Å². The number of nitrogens with zero attached hydrogens (tertiary/aromatic N) is 2. The Morgan fingerprint density at radius 2 is 2.28 bits per heavy atom. The summed E-state index contributed by atoms with van der Waals surface area (Å²) in [7, 11) is 1.63. The Morgan fingerprint density at radius 1 is 1.44 bits per heavy atom. The van der Waals surface area contributed by atoms with Crippen LogP contribution in [0.25, 0.3) is 0 Å². The van der Waals surface area contributed by atoms with Crippen molar-refractivity contribution in [1.29, 1.82) is 0 Å². The van der Waals surface area contributed by atoms with Gasteiger partial charge in [0.1, 0.15) is 5.75 Å². The summed E-state index contributed by atoms with van der Waals surface area (Å²) in [6.45, 7) is 2.89. The van der Waals surface area contributed by atoms with Crippen molar-refractivity contribution < 1.29 is 4.74 Å². The molecular formula is C13H18N4O. The zero-order valence-corrected chi connectivity index (χ0v) is 10.6. The van der Waals surface area contributed by atoms with Crippen molar-refractivity contribution in [3.63, 3.8) is 0 Å². The first-order chi connectivity index (χ1) is 8.67. The highest BCUT2D eigenvalue weighted by Gasteiger charge is 2.05. The van der Waals surface area contributed by atoms with E-state index in [9.17, 15) is 0 Å². The third-order valence-corrected chi connectivity index (χ3v) is 2.60. The molecule has 0 bridgehead atoms. The van der Waals surface area contributed by atoms with Gasteiger partial charge in [-0.3, -0.25) is 4.68 Å². The fourth-order valence-corrected chi connectivity index (χ4v) is 1.84. The molecule has 5 heteroatoms. The van der Waals surface area contributed by atoms with Gasteiger partial charge in [-0.25, -0.2) is 0 Å². The average Bonchev–Trinajstić information content (AvgIpc) is 2.80. The molecule has 0 aliphatic rings. The molecule has 2 aromatic rings. The number of hydrogen-bond acceptors (Lipinski definition) is 4. The topological polar surface area (TPSA) is 65.1 Å². The lowest BCUT2D eigenvalue weighted by Crippen LogP contribution is -2.22. The molecule has 0 fully saturated rings. The summed E-state index contributed by atoms with van der Waals surface area (Å²) in [5, 5.41) is 7.55. The van der Waals surface area contributed by atoms with Crippen molar-refractivity contribution in [3.05, 3.63) is 36.7 Å². The van der Waals surface area contributed by atoms with E-state index in [0.29, 0.717) is 5.69 Å². The number of nitrogens with two attached hydrogens (primary N) is 1. The molecule has 0 radical (unpaired) electrons. The normalized spacial score (nSPS) is 12.1. The SMILES string of the molecule is COc1cc(N)cc(NC(C)Cn2cccn2)c1. The lowest BCUT2D eigenvalue weighted by atomic mass is 10.2. The van der Waals surface area contributed by atoms with E-state index in [1.807, 2.05) is 29.1 Å². The Balaban J connectivity index is 2.02. The summed E-state index contributed by atoms with van der Waals surface area (Å²) >= 11 is 0. The van der Waals surface area contributed by atoms with Crippen molar-refractivity contribution >= 4 is 11.4 Å². The molecule has 2 rings (SSSR count). The lowest BCUT2D eigenvalue weighted by Gasteiger charge is -2.16. The second-order valence-electron chi connectivity index (χ2n) is 4.27. The van der Waals surface area contributed by atoms with Crippen LogP contribution in [0.4, 0.5) is 11.4 Å². The van der Waals surface area contributed by atoms with Gasteiger partial charge in [0, 0.05) is 41.9 Å². The number of methoxy groups -OCH3 is 1. The van der Waals surface area contributed by atoms with Crippen molar-refractivity contribution in [2.45, 2.75) is 19.5 Å². The van der Waals surface area contributed by atoms with E-state index in [1.54, 1.807) is 19.4 Å². The van der Waals surface area contributed by atoms with E-state index in [1.165, 1.54) is 0 Å². The van der Waals surface area contributed by atoms with Crippen molar-refractivity contribution in [3.8, 4) is 5.75 Å². The maximum Gasteiger partial charge on any atom is 0.122 e. The molecule has 1 heterocycles. The molecule has 0 spiro atoms. The number of nitrogen functional groups attached to an aromatic ring is 1. The number of aromatic nitrogens is 2. The second-order valence-corrected chi connectivity index (χ2v) is 4.27. The largest absolute Gasteiger partial charge is 0.497 e. The van der Waals surface area contributed by atoms with Gasteiger partial charge in [0.05, 0.1) is 13.7 Å². The Labute approximate surface area is 107 Å². The first-order valence-electron chi connectivity index (χ1n) is 5.86. The van der Waals surface area contributed by atoms with Crippen LogP contribution >= 0.6 is 0 Å². The van der Waals surface area contributed by atoms with E-state index < -0.39 is 0 Å². The molecular weight excluding hydrogens is 228 g/mol. The first-order valence-corrected chi connectivity index (χ1v) is 5.86. The van der Waals surface area contributed by atoms with E-state index >= 15 is 0 Å². The molecule has 18 heavy (non-hydrogen) atoms. The third-order valence-electron chi connectivity index (χ3n) is 2.60. The highest BCUT2D eigenvalue weighted by molar-refractivity contribution is 5.59. The second kappa shape index (κ2) is 5.44. The van der Waals surface area contributed by atoms with Gasteiger partial charge in [-0.15, -0.1) is 0 Å². The van der Waals surface area contributed by atoms with Gasteiger partial charge in [0.15, 0.2) is 0 Å². The number of rotatable bonds is 5. The number of nitrogens with one attached hydrogen (secondary N) is 1. The van der Waals surface area contributed by atoms with Crippen LogP contribution in [0.15, 0.2) is 36.7 Å². The zero-order valence-electron chi connectivity index (χ0n) is 10.6. The van der Waals surface area contributed by atoms with Gasteiger partial charge in [-0.1, -0.05) is 0 Å². The standard InChI is InChI=1S/C13H18N4O/c1-10(9-17-5-3-4-15-17)16-12-6-11(14)7-13(8-12)18-2/h3-8,10,16H,9,14H2,1-2H3. The lowest BCUT2D eigenvalue weighted by molar-refractivity contribution is 0.415. The van der Waals surface area contributed by atoms with Crippen molar-refractivity contribution in [2.24, 2.45) is 0 Å². The van der Waals surface area contributed by atoms with Gasteiger partial charge in [-0.2, -0.15) is 5.10 Å². The van der Waals surface area contributed by atoms with Gasteiger partial charge < -0.3 is 15.8 Å².